The number of hydrogen-bond acceptors (Lipinski definition) is 5. The largest absolute Gasteiger partial charge is 0.384 e. The standard InChI is InChI=1S/C16H20N4OS/c1-11-3-4-13(9-12(11)2)22-8-6-16(21)19-10-15-18-7-5-14(17)20-15/h3-5,7,9H,6,8,10H2,1-2H3,(H,19,21)(H2,17,18,20). The number of hydrogen-bond donors (Lipinski definition) is 2. The number of anilines is 1. The Hall–Kier alpha value is -2.08. The Morgan fingerprint density at radius 2 is 2.09 bits per heavy atom. The van der Waals surface area contributed by atoms with Crippen molar-refractivity contribution in [3.8, 4) is 0 Å². The fourth-order valence-corrected chi connectivity index (χ4v) is 2.78. The van der Waals surface area contributed by atoms with Crippen molar-refractivity contribution in [2.24, 2.45) is 0 Å². The van der Waals surface area contributed by atoms with Gasteiger partial charge < -0.3 is 11.1 Å². The third-order valence-electron chi connectivity index (χ3n) is 3.25. The number of nitrogen functional groups attached to an aromatic ring is 1. The molecule has 0 bridgehead atoms. The molecule has 2 aromatic rings. The van der Waals surface area contributed by atoms with Crippen LogP contribution in [0.1, 0.15) is 23.4 Å². The van der Waals surface area contributed by atoms with Gasteiger partial charge in [0.05, 0.1) is 6.54 Å². The van der Waals surface area contributed by atoms with Gasteiger partial charge in [0.1, 0.15) is 11.6 Å². The summed E-state index contributed by atoms with van der Waals surface area (Å²) in [5.41, 5.74) is 8.12. The number of nitrogens with one attached hydrogen (secondary N) is 1. The molecule has 0 saturated carbocycles. The lowest BCUT2D eigenvalue weighted by molar-refractivity contribution is -0.120. The van der Waals surface area contributed by atoms with E-state index in [0.717, 1.165) is 5.75 Å². The van der Waals surface area contributed by atoms with Crippen LogP contribution in [0, 0.1) is 13.8 Å². The van der Waals surface area contributed by atoms with Gasteiger partial charge in [-0.2, -0.15) is 0 Å². The molecular weight excluding hydrogens is 296 g/mol. The average Bonchev–Trinajstić information content (AvgIpc) is 2.49. The zero-order valence-corrected chi connectivity index (χ0v) is 13.6. The minimum absolute atomic E-state index is 0.0117. The Kier molecular flexibility index (Phi) is 5.77. The average molecular weight is 316 g/mol. The molecule has 0 fully saturated rings. The lowest BCUT2D eigenvalue weighted by atomic mass is 10.1. The molecule has 1 amide bonds. The Morgan fingerprint density at radius 3 is 2.82 bits per heavy atom. The Bertz CT molecular complexity index is 660. The van der Waals surface area contributed by atoms with Gasteiger partial charge in [-0.05, 0) is 43.2 Å². The van der Waals surface area contributed by atoms with Gasteiger partial charge in [-0.25, -0.2) is 9.97 Å². The van der Waals surface area contributed by atoms with Crippen LogP contribution in [0.15, 0.2) is 35.4 Å². The number of rotatable bonds is 6. The molecule has 1 aromatic carbocycles. The highest BCUT2D eigenvalue weighted by Gasteiger charge is 2.04. The molecule has 5 nitrogen and oxygen atoms in total. The zero-order chi connectivity index (χ0) is 15.9. The van der Waals surface area contributed by atoms with Crippen molar-refractivity contribution in [3.05, 3.63) is 47.4 Å². The highest BCUT2D eigenvalue weighted by atomic mass is 32.2. The third kappa shape index (κ3) is 5.04. The van der Waals surface area contributed by atoms with Crippen LogP contribution in [-0.2, 0) is 11.3 Å². The molecule has 116 valence electrons. The first-order valence-electron chi connectivity index (χ1n) is 7.09. The molecule has 0 aliphatic rings. The minimum atomic E-state index is -0.0117. The van der Waals surface area contributed by atoms with Crippen LogP contribution < -0.4 is 11.1 Å². The smallest absolute Gasteiger partial charge is 0.221 e. The van der Waals surface area contributed by atoms with E-state index in [2.05, 4.69) is 47.3 Å². The second kappa shape index (κ2) is 7.79. The molecule has 1 aromatic heterocycles. The summed E-state index contributed by atoms with van der Waals surface area (Å²) in [6.07, 6.45) is 2.04. The fourth-order valence-electron chi connectivity index (χ4n) is 1.83. The molecular formula is C16H20N4OS. The van der Waals surface area contributed by atoms with Gasteiger partial charge in [-0.1, -0.05) is 6.07 Å². The highest BCUT2D eigenvalue weighted by Crippen LogP contribution is 2.21. The summed E-state index contributed by atoms with van der Waals surface area (Å²) < 4.78 is 0. The van der Waals surface area contributed by atoms with E-state index in [1.807, 2.05) is 0 Å². The third-order valence-corrected chi connectivity index (χ3v) is 4.24. The molecule has 2 rings (SSSR count). The van der Waals surface area contributed by atoms with Crippen molar-refractivity contribution in [1.29, 1.82) is 0 Å². The van der Waals surface area contributed by atoms with Gasteiger partial charge in [-0.15, -0.1) is 11.8 Å². The second-order valence-corrected chi connectivity index (χ2v) is 6.19. The van der Waals surface area contributed by atoms with Crippen molar-refractivity contribution in [2.45, 2.75) is 31.7 Å². The Morgan fingerprint density at radius 1 is 1.27 bits per heavy atom. The lowest BCUT2D eigenvalue weighted by Crippen LogP contribution is -2.24. The maximum Gasteiger partial charge on any atom is 0.221 e. The van der Waals surface area contributed by atoms with Gasteiger partial charge >= 0.3 is 0 Å². The van der Waals surface area contributed by atoms with Crippen molar-refractivity contribution in [3.63, 3.8) is 0 Å². The van der Waals surface area contributed by atoms with Gasteiger partial charge in [0.25, 0.3) is 0 Å². The summed E-state index contributed by atoms with van der Waals surface area (Å²) >= 11 is 1.68. The van der Waals surface area contributed by atoms with E-state index >= 15 is 0 Å². The molecule has 0 aliphatic heterocycles. The summed E-state index contributed by atoms with van der Waals surface area (Å²) in [7, 11) is 0. The highest BCUT2D eigenvalue weighted by molar-refractivity contribution is 7.99. The van der Waals surface area contributed by atoms with E-state index in [0.29, 0.717) is 24.6 Å². The number of carbonyl (C=O) groups excluding carboxylic acids is 1. The predicted molar refractivity (Wildman–Crippen MR) is 89.5 cm³/mol. The first-order chi connectivity index (χ1) is 10.5. The lowest BCUT2D eigenvalue weighted by Gasteiger charge is -2.06. The quantitative estimate of drug-likeness (QED) is 0.800. The molecule has 0 aliphatic carbocycles. The molecule has 22 heavy (non-hydrogen) atoms. The van der Waals surface area contributed by atoms with Crippen molar-refractivity contribution in [2.75, 3.05) is 11.5 Å². The van der Waals surface area contributed by atoms with Gasteiger partial charge in [-0.3, -0.25) is 4.79 Å². The van der Waals surface area contributed by atoms with E-state index in [1.54, 1.807) is 24.0 Å². The molecule has 1 heterocycles. The van der Waals surface area contributed by atoms with E-state index in [1.165, 1.54) is 16.0 Å². The van der Waals surface area contributed by atoms with E-state index in [4.69, 9.17) is 5.73 Å². The summed E-state index contributed by atoms with van der Waals surface area (Å²) in [5.74, 6) is 1.66. The summed E-state index contributed by atoms with van der Waals surface area (Å²) in [6, 6.07) is 7.96. The molecule has 0 radical (unpaired) electrons. The monoisotopic (exact) mass is 316 g/mol. The van der Waals surface area contributed by atoms with Gasteiger partial charge in [0.2, 0.25) is 5.91 Å². The molecule has 0 spiro atoms. The number of benzene rings is 1. The topological polar surface area (TPSA) is 80.9 Å². The Labute approximate surface area is 134 Å². The van der Waals surface area contributed by atoms with Crippen molar-refractivity contribution >= 4 is 23.5 Å². The predicted octanol–water partition coefficient (Wildman–Crippen LogP) is 2.47. The number of amides is 1. The maximum absolute atomic E-state index is 11.8. The van der Waals surface area contributed by atoms with Gasteiger partial charge in [0, 0.05) is 23.3 Å². The number of thioether (sulfide) groups is 1. The fraction of sp³-hybridized carbons (Fsp3) is 0.312. The van der Waals surface area contributed by atoms with E-state index < -0.39 is 0 Å². The minimum Gasteiger partial charge on any atom is -0.384 e. The first-order valence-corrected chi connectivity index (χ1v) is 8.07. The number of carbonyl (C=O) groups is 1. The number of aryl methyl sites for hydroxylation is 2. The van der Waals surface area contributed by atoms with Crippen LogP contribution in [0.25, 0.3) is 0 Å². The van der Waals surface area contributed by atoms with Crippen LogP contribution in [0.2, 0.25) is 0 Å². The van der Waals surface area contributed by atoms with Gasteiger partial charge in [0.15, 0.2) is 0 Å². The Balaban J connectivity index is 1.72. The normalized spacial score (nSPS) is 10.5. The van der Waals surface area contributed by atoms with Crippen LogP contribution in [0.4, 0.5) is 5.82 Å². The number of nitrogens with zero attached hydrogens (tertiary/aromatic N) is 2. The summed E-state index contributed by atoms with van der Waals surface area (Å²) in [5, 5.41) is 2.80. The van der Waals surface area contributed by atoms with E-state index in [-0.39, 0.29) is 5.91 Å². The molecule has 0 unspecified atom stereocenters. The summed E-state index contributed by atoms with van der Waals surface area (Å²) in [4.78, 5) is 21.1. The zero-order valence-electron chi connectivity index (χ0n) is 12.8. The molecule has 3 N–H and O–H groups in total. The number of nitrogens with two attached hydrogens (primary N) is 1. The SMILES string of the molecule is Cc1ccc(SCCC(=O)NCc2nccc(N)n2)cc1C. The van der Waals surface area contributed by atoms with Crippen LogP contribution in [0.5, 0.6) is 0 Å². The van der Waals surface area contributed by atoms with Crippen molar-refractivity contribution in [1.82, 2.24) is 15.3 Å². The van der Waals surface area contributed by atoms with Crippen LogP contribution >= 0.6 is 11.8 Å². The summed E-state index contributed by atoms with van der Waals surface area (Å²) in [6.45, 7) is 4.49. The van der Waals surface area contributed by atoms with Crippen LogP contribution in [0.3, 0.4) is 0 Å². The number of aromatic nitrogens is 2. The van der Waals surface area contributed by atoms with E-state index in [9.17, 15) is 4.79 Å². The molecule has 0 saturated heterocycles. The second-order valence-electron chi connectivity index (χ2n) is 5.02. The van der Waals surface area contributed by atoms with Crippen molar-refractivity contribution < 1.29 is 4.79 Å². The molecule has 0 atom stereocenters. The van der Waals surface area contributed by atoms with Crippen LogP contribution in [-0.4, -0.2) is 21.6 Å². The maximum atomic E-state index is 11.8. The first kappa shape index (κ1) is 16.3. The molecule has 6 heteroatoms.